The van der Waals surface area contributed by atoms with Crippen LogP contribution in [0.25, 0.3) is 88.4 Å². The van der Waals surface area contributed by atoms with Gasteiger partial charge in [-0.15, -0.1) is 0 Å². The average molecular weight is 613 g/mol. The number of hydrogen-bond acceptors (Lipinski definition) is 2. The van der Waals surface area contributed by atoms with Crippen LogP contribution in [0, 0.1) is 0 Å². The highest BCUT2D eigenvalue weighted by molar-refractivity contribution is 6.18. The van der Waals surface area contributed by atoms with Gasteiger partial charge < -0.3 is 4.57 Å². The fourth-order valence-corrected chi connectivity index (χ4v) is 7.40. The first-order chi connectivity index (χ1) is 23.8. The van der Waals surface area contributed by atoms with Crippen LogP contribution in [0.1, 0.15) is 0 Å². The molecule has 0 spiro atoms. The molecule has 10 rings (SSSR count). The molecule has 4 nitrogen and oxygen atoms in total. The monoisotopic (exact) mass is 612 g/mol. The lowest BCUT2D eigenvalue weighted by Crippen LogP contribution is -2.02. The zero-order chi connectivity index (χ0) is 31.6. The molecule has 0 fully saturated rings. The lowest BCUT2D eigenvalue weighted by molar-refractivity contribution is 0.994. The van der Waals surface area contributed by atoms with Crippen LogP contribution in [0.4, 0.5) is 0 Å². The molecule has 3 aromatic heterocycles. The molecule has 48 heavy (non-hydrogen) atoms. The third-order valence-electron chi connectivity index (χ3n) is 9.58. The van der Waals surface area contributed by atoms with Crippen molar-refractivity contribution in [3.05, 3.63) is 170 Å². The summed E-state index contributed by atoms with van der Waals surface area (Å²) in [6.45, 7) is 0. The van der Waals surface area contributed by atoms with Gasteiger partial charge in [-0.3, -0.25) is 4.57 Å². The molecule has 0 aliphatic rings. The maximum atomic E-state index is 5.25. The van der Waals surface area contributed by atoms with Crippen LogP contribution in [0.15, 0.2) is 170 Å². The van der Waals surface area contributed by atoms with Gasteiger partial charge in [-0.25, -0.2) is 9.97 Å². The Kier molecular flexibility index (Phi) is 5.84. The summed E-state index contributed by atoms with van der Waals surface area (Å²) in [6, 6.07) is 58.2. The zero-order valence-corrected chi connectivity index (χ0v) is 26.0. The number of para-hydroxylation sites is 2. The smallest absolute Gasteiger partial charge is 0.235 e. The maximum Gasteiger partial charge on any atom is 0.235 e. The van der Waals surface area contributed by atoms with E-state index in [1.165, 1.54) is 49.0 Å². The van der Waals surface area contributed by atoms with Crippen molar-refractivity contribution >= 4 is 54.4 Å². The first kappa shape index (κ1) is 26.7. The molecule has 0 aliphatic carbocycles. The van der Waals surface area contributed by atoms with E-state index in [-0.39, 0.29) is 0 Å². The molecule has 4 heteroatoms. The summed E-state index contributed by atoms with van der Waals surface area (Å²) in [6.07, 6.45) is 1.88. The van der Waals surface area contributed by atoms with Gasteiger partial charge in [0.1, 0.15) is 0 Å². The Labute approximate surface area is 276 Å². The van der Waals surface area contributed by atoms with Crippen molar-refractivity contribution in [3.8, 4) is 34.0 Å². The SMILES string of the molecule is c1ccc(-c2ccc3c(c2)c2cc(-c4ccnc(-n5c6ccccc6c6ccc7ccccc7c65)n4)ccc2n3-c2ccccc2)cc1. The summed E-state index contributed by atoms with van der Waals surface area (Å²) in [5.41, 5.74) is 10.0. The van der Waals surface area contributed by atoms with Crippen molar-refractivity contribution in [3.63, 3.8) is 0 Å². The van der Waals surface area contributed by atoms with Gasteiger partial charge in [-0.1, -0.05) is 115 Å². The summed E-state index contributed by atoms with van der Waals surface area (Å²) in [5.74, 6) is 0.660. The third-order valence-corrected chi connectivity index (χ3v) is 9.58. The summed E-state index contributed by atoms with van der Waals surface area (Å²) in [5, 5.41) is 7.16. The number of fused-ring (bicyclic) bond motifs is 8. The van der Waals surface area contributed by atoms with Crippen LogP contribution in [0.2, 0.25) is 0 Å². The Morgan fingerprint density at radius 2 is 1.04 bits per heavy atom. The van der Waals surface area contributed by atoms with Crippen LogP contribution < -0.4 is 0 Å². The van der Waals surface area contributed by atoms with Gasteiger partial charge in [0.05, 0.1) is 27.8 Å². The van der Waals surface area contributed by atoms with E-state index in [0.29, 0.717) is 5.95 Å². The Balaban J connectivity index is 1.20. The van der Waals surface area contributed by atoms with Gasteiger partial charge >= 0.3 is 0 Å². The van der Waals surface area contributed by atoms with Gasteiger partial charge in [-0.2, -0.15) is 0 Å². The number of nitrogens with zero attached hydrogens (tertiary/aromatic N) is 4. The second-order valence-corrected chi connectivity index (χ2v) is 12.3. The second-order valence-electron chi connectivity index (χ2n) is 12.3. The molecule has 7 aromatic carbocycles. The highest BCUT2D eigenvalue weighted by Gasteiger charge is 2.18. The minimum atomic E-state index is 0.660. The normalized spacial score (nSPS) is 11.8. The number of benzene rings is 7. The summed E-state index contributed by atoms with van der Waals surface area (Å²) in [7, 11) is 0. The molecule has 3 heterocycles. The van der Waals surface area contributed by atoms with E-state index >= 15 is 0 Å². The number of rotatable bonds is 4. The van der Waals surface area contributed by atoms with Gasteiger partial charge in [-0.05, 0) is 65.0 Å². The van der Waals surface area contributed by atoms with Gasteiger partial charge in [0.2, 0.25) is 5.95 Å². The van der Waals surface area contributed by atoms with Crippen molar-refractivity contribution in [2.24, 2.45) is 0 Å². The van der Waals surface area contributed by atoms with Crippen LogP contribution >= 0.6 is 0 Å². The van der Waals surface area contributed by atoms with E-state index in [9.17, 15) is 0 Å². The summed E-state index contributed by atoms with van der Waals surface area (Å²) >= 11 is 0. The molecule has 0 aliphatic heterocycles. The number of aromatic nitrogens is 4. The molecule has 0 amide bonds. The Hall–Kier alpha value is -6.52. The predicted octanol–water partition coefficient (Wildman–Crippen LogP) is 11.2. The van der Waals surface area contributed by atoms with Crippen molar-refractivity contribution in [1.82, 2.24) is 19.1 Å². The lowest BCUT2D eigenvalue weighted by atomic mass is 10.0. The Bertz CT molecular complexity index is 2830. The highest BCUT2D eigenvalue weighted by atomic mass is 15.2. The van der Waals surface area contributed by atoms with Crippen molar-refractivity contribution in [2.45, 2.75) is 0 Å². The molecule has 0 radical (unpaired) electrons. The van der Waals surface area contributed by atoms with E-state index in [2.05, 4.69) is 167 Å². The topological polar surface area (TPSA) is 35.6 Å². The maximum absolute atomic E-state index is 5.25. The van der Waals surface area contributed by atoms with Gasteiger partial charge in [0.25, 0.3) is 0 Å². The van der Waals surface area contributed by atoms with E-state index in [0.717, 1.165) is 33.5 Å². The van der Waals surface area contributed by atoms with E-state index in [4.69, 9.17) is 9.97 Å². The molecular formula is C44H28N4. The molecule has 224 valence electrons. The van der Waals surface area contributed by atoms with Gasteiger partial charge in [0, 0.05) is 44.4 Å². The molecule has 0 saturated carbocycles. The Morgan fingerprint density at radius 1 is 0.396 bits per heavy atom. The second kappa shape index (κ2) is 10.5. The quantitative estimate of drug-likeness (QED) is 0.198. The minimum absolute atomic E-state index is 0.660. The number of hydrogen-bond donors (Lipinski definition) is 0. The van der Waals surface area contributed by atoms with E-state index < -0.39 is 0 Å². The summed E-state index contributed by atoms with van der Waals surface area (Å²) < 4.78 is 4.58. The molecule has 0 bridgehead atoms. The van der Waals surface area contributed by atoms with Crippen LogP contribution in [0.3, 0.4) is 0 Å². The molecule has 0 unspecified atom stereocenters. The lowest BCUT2D eigenvalue weighted by Gasteiger charge is -2.10. The average Bonchev–Trinajstić information content (AvgIpc) is 3.68. The van der Waals surface area contributed by atoms with Crippen molar-refractivity contribution in [1.29, 1.82) is 0 Å². The first-order valence-electron chi connectivity index (χ1n) is 16.3. The van der Waals surface area contributed by atoms with Crippen LogP contribution in [-0.2, 0) is 0 Å². The largest absolute Gasteiger partial charge is 0.309 e. The fraction of sp³-hybridized carbons (Fsp3) is 0. The zero-order valence-electron chi connectivity index (χ0n) is 26.0. The molecule has 10 aromatic rings. The van der Waals surface area contributed by atoms with E-state index in [1.807, 2.05) is 12.3 Å². The third kappa shape index (κ3) is 4.03. The summed E-state index contributed by atoms with van der Waals surface area (Å²) in [4.78, 5) is 10.1. The van der Waals surface area contributed by atoms with Crippen LogP contribution in [0.5, 0.6) is 0 Å². The standard InChI is InChI=1S/C44H28N4/c1-3-11-29(12-4-1)31-20-23-41-37(27-31)38-28-32(21-24-42(38)47(41)33-14-5-2-6-15-33)39-25-26-45-44(46-39)48-40-18-10-9-17-35(40)36-22-19-30-13-7-8-16-34(30)43(36)48/h1-28H. The molecular weight excluding hydrogens is 585 g/mol. The molecule has 0 atom stereocenters. The Morgan fingerprint density at radius 3 is 1.85 bits per heavy atom. The molecule has 0 saturated heterocycles. The van der Waals surface area contributed by atoms with Crippen molar-refractivity contribution in [2.75, 3.05) is 0 Å². The van der Waals surface area contributed by atoms with Crippen molar-refractivity contribution < 1.29 is 0 Å². The van der Waals surface area contributed by atoms with Crippen LogP contribution in [-0.4, -0.2) is 19.1 Å². The van der Waals surface area contributed by atoms with Gasteiger partial charge in [0.15, 0.2) is 0 Å². The predicted molar refractivity (Wildman–Crippen MR) is 199 cm³/mol. The fourth-order valence-electron chi connectivity index (χ4n) is 7.40. The van der Waals surface area contributed by atoms with E-state index in [1.54, 1.807) is 0 Å². The highest BCUT2D eigenvalue weighted by Crippen LogP contribution is 2.38. The molecule has 0 N–H and O–H groups in total. The first-order valence-corrected chi connectivity index (χ1v) is 16.3. The minimum Gasteiger partial charge on any atom is -0.309 e.